The van der Waals surface area contributed by atoms with Gasteiger partial charge in [0.25, 0.3) is 5.91 Å². The SMILES string of the molecule is O=C(NCC1CCCN(Cc2ccoc2C(=O)O)C1)c1ccccc1. The zero-order valence-corrected chi connectivity index (χ0v) is 14.0. The van der Waals surface area contributed by atoms with Crippen LogP contribution < -0.4 is 5.32 Å². The summed E-state index contributed by atoms with van der Waals surface area (Å²) in [6.07, 6.45) is 3.51. The maximum atomic E-state index is 12.1. The van der Waals surface area contributed by atoms with Gasteiger partial charge < -0.3 is 14.8 Å². The van der Waals surface area contributed by atoms with E-state index in [1.165, 1.54) is 6.26 Å². The second kappa shape index (κ2) is 7.98. The van der Waals surface area contributed by atoms with Crippen molar-refractivity contribution in [1.29, 1.82) is 0 Å². The van der Waals surface area contributed by atoms with Crippen molar-refractivity contribution in [3.8, 4) is 0 Å². The number of amides is 1. The van der Waals surface area contributed by atoms with Crippen LogP contribution in [-0.4, -0.2) is 41.5 Å². The molecule has 6 heteroatoms. The van der Waals surface area contributed by atoms with Crippen LogP contribution >= 0.6 is 0 Å². The second-order valence-corrected chi connectivity index (χ2v) is 6.40. The van der Waals surface area contributed by atoms with Crippen LogP contribution in [0.3, 0.4) is 0 Å². The summed E-state index contributed by atoms with van der Waals surface area (Å²) in [5, 5.41) is 12.1. The number of hydrogen-bond acceptors (Lipinski definition) is 4. The molecule has 6 nitrogen and oxygen atoms in total. The lowest BCUT2D eigenvalue weighted by molar-refractivity contribution is 0.0657. The summed E-state index contributed by atoms with van der Waals surface area (Å²) in [6, 6.07) is 10.9. The molecule has 0 radical (unpaired) electrons. The van der Waals surface area contributed by atoms with E-state index in [1.807, 2.05) is 18.2 Å². The first-order valence-electron chi connectivity index (χ1n) is 8.48. The van der Waals surface area contributed by atoms with Gasteiger partial charge in [-0.25, -0.2) is 4.79 Å². The fourth-order valence-corrected chi connectivity index (χ4v) is 3.28. The number of hydrogen-bond donors (Lipinski definition) is 2. The zero-order valence-electron chi connectivity index (χ0n) is 14.0. The Balaban J connectivity index is 1.52. The van der Waals surface area contributed by atoms with E-state index in [4.69, 9.17) is 9.52 Å². The van der Waals surface area contributed by atoms with Crippen molar-refractivity contribution in [2.24, 2.45) is 5.92 Å². The van der Waals surface area contributed by atoms with E-state index in [1.54, 1.807) is 18.2 Å². The largest absolute Gasteiger partial charge is 0.475 e. The minimum Gasteiger partial charge on any atom is -0.475 e. The van der Waals surface area contributed by atoms with Crippen molar-refractivity contribution >= 4 is 11.9 Å². The Morgan fingerprint density at radius 2 is 2.04 bits per heavy atom. The van der Waals surface area contributed by atoms with Crippen molar-refractivity contribution < 1.29 is 19.1 Å². The molecular weight excluding hydrogens is 320 g/mol. The summed E-state index contributed by atoms with van der Waals surface area (Å²) in [4.78, 5) is 25.5. The highest BCUT2D eigenvalue weighted by Gasteiger charge is 2.23. The quantitative estimate of drug-likeness (QED) is 0.843. The molecule has 0 spiro atoms. The average molecular weight is 342 g/mol. The number of carboxylic acids is 1. The Labute approximate surface area is 146 Å². The van der Waals surface area contributed by atoms with Gasteiger partial charge in [-0.05, 0) is 43.5 Å². The lowest BCUT2D eigenvalue weighted by Gasteiger charge is -2.32. The fraction of sp³-hybridized carbons (Fsp3) is 0.368. The van der Waals surface area contributed by atoms with E-state index in [0.29, 0.717) is 30.1 Å². The molecule has 1 atom stereocenters. The van der Waals surface area contributed by atoms with Crippen molar-refractivity contribution in [2.45, 2.75) is 19.4 Å². The minimum absolute atomic E-state index is 0.0134. The highest BCUT2D eigenvalue weighted by Crippen LogP contribution is 2.20. The standard InChI is InChI=1S/C19H22N2O4/c22-18(15-6-2-1-3-7-15)20-11-14-5-4-9-21(12-14)13-16-8-10-25-17(16)19(23)24/h1-3,6-8,10,14H,4-5,9,11-13H2,(H,20,22)(H,23,24). The third-order valence-corrected chi connectivity index (χ3v) is 4.53. The summed E-state index contributed by atoms with van der Waals surface area (Å²) >= 11 is 0. The maximum Gasteiger partial charge on any atom is 0.372 e. The van der Waals surface area contributed by atoms with Crippen molar-refractivity contribution in [1.82, 2.24) is 10.2 Å². The molecule has 0 aliphatic carbocycles. The van der Waals surface area contributed by atoms with Crippen molar-refractivity contribution in [3.63, 3.8) is 0 Å². The van der Waals surface area contributed by atoms with E-state index >= 15 is 0 Å². The van der Waals surface area contributed by atoms with Gasteiger partial charge in [0.1, 0.15) is 0 Å². The number of likely N-dealkylation sites (tertiary alicyclic amines) is 1. The Kier molecular flexibility index (Phi) is 5.50. The highest BCUT2D eigenvalue weighted by atomic mass is 16.4. The first kappa shape index (κ1) is 17.2. The van der Waals surface area contributed by atoms with Crippen LogP contribution in [0.2, 0.25) is 0 Å². The van der Waals surface area contributed by atoms with E-state index in [0.717, 1.165) is 25.9 Å². The molecule has 1 unspecified atom stereocenters. The van der Waals surface area contributed by atoms with Crippen LogP contribution in [0.25, 0.3) is 0 Å². The van der Waals surface area contributed by atoms with Crippen LogP contribution in [-0.2, 0) is 6.54 Å². The topological polar surface area (TPSA) is 82.8 Å². The molecule has 132 valence electrons. The number of carbonyl (C=O) groups excluding carboxylic acids is 1. The minimum atomic E-state index is -1.04. The van der Waals surface area contributed by atoms with Gasteiger partial charge in [0, 0.05) is 30.8 Å². The Hall–Kier alpha value is -2.60. The monoisotopic (exact) mass is 342 g/mol. The van der Waals surface area contributed by atoms with Crippen LogP contribution in [0.4, 0.5) is 0 Å². The molecule has 2 aromatic rings. The number of carboxylic acid groups (broad SMARTS) is 1. The summed E-state index contributed by atoms with van der Waals surface area (Å²) < 4.78 is 5.04. The van der Waals surface area contributed by atoms with Gasteiger partial charge in [0.05, 0.1) is 6.26 Å². The molecule has 1 fully saturated rings. The van der Waals surface area contributed by atoms with Crippen LogP contribution in [0.5, 0.6) is 0 Å². The smallest absolute Gasteiger partial charge is 0.372 e. The van der Waals surface area contributed by atoms with Crippen LogP contribution in [0.15, 0.2) is 47.1 Å². The molecule has 25 heavy (non-hydrogen) atoms. The lowest BCUT2D eigenvalue weighted by Crippen LogP contribution is -2.40. The summed E-state index contributed by atoms with van der Waals surface area (Å²) in [5.41, 5.74) is 1.36. The molecule has 2 N–H and O–H groups in total. The normalized spacial score (nSPS) is 18.0. The van der Waals surface area contributed by atoms with Gasteiger partial charge in [-0.15, -0.1) is 0 Å². The molecule has 1 aromatic carbocycles. The third kappa shape index (κ3) is 4.48. The number of furan rings is 1. The van der Waals surface area contributed by atoms with E-state index < -0.39 is 5.97 Å². The van der Waals surface area contributed by atoms with Crippen molar-refractivity contribution in [2.75, 3.05) is 19.6 Å². The number of benzene rings is 1. The molecule has 1 aromatic heterocycles. The summed E-state index contributed by atoms with van der Waals surface area (Å²) in [5.74, 6) is -0.717. The molecule has 1 amide bonds. The van der Waals surface area contributed by atoms with Gasteiger partial charge in [0.15, 0.2) is 0 Å². The maximum absolute atomic E-state index is 12.1. The molecule has 3 rings (SSSR count). The molecule has 2 heterocycles. The van der Waals surface area contributed by atoms with Gasteiger partial charge in [-0.3, -0.25) is 9.69 Å². The highest BCUT2D eigenvalue weighted by molar-refractivity contribution is 5.94. The van der Waals surface area contributed by atoms with E-state index in [-0.39, 0.29) is 11.7 Å². The molecule has 0 bridgehead atoms. The molecule has 0 saturated carbocycles. The van der Waals surface area contributed by atoms with Crippen LogP contribution in [0, 0.1) is 5.92 Å². The number of nitrogens with zero attached hydrogens (tertiary/aromatic N) is 1. The lowest BCUT2D eigenvalue weighted by atomic mass is 9.97. The summed E-state index contributed by atoms with van der Waals surface area (Å²) in [7, 11) is 0. The van der Waals surface area contributed by atoms with E-state index in [9.17, 15) is 9.59 Å². The number of rotatable bonds is 6. The zero-order chi connectivity index (χ0) is 17.6. The van der Waals surface area contributed by atoms with Crippen molar-refractivity contribution in [3.05, 3.63) is 59.5 Å². The third-order valence-electron chi connectivity index (χ3n) is 4.53. The van der Waals surface area contributed by atoms with Gasteiger partial charge in [-0.1, -0.05) is 18.2 Å². The van der Waals surface area contributed by atoms with Gasteiger partial charge in [-0.2, -0.15) is 0 Å². The van der Waals surface area contributed by atoms with Gasteiger partial charge >= 0.3 is 5.97 Å². The molecule has 1 saturated heterocycles. The number of piperidine rings is 1. The van der Waals surface area contributed by atoms with Crippen LogP contribution in [0.1, 0.15) is 39.3 Å². The average Bonchev–Trinajstić information content (AvgIpc) is 3.09. The predicted molar refractivity (Wildman–Crippen MR) is 92.4 cm³/mol. The number of aromatic carboxylic acids is 1. The number of carbonyl (C=O) groups is 2. The fourth-order valence-electron chi connectivity index (χ4n) is 3.28. The first-order valence-corrected chi connectivity index (χ1v) is 8.48. The second-order valence-electron chi connectivity index (χ2n) is 6.40. The molecular formula is C19H22N2O4. The Morgan fingerprint density at radius 1 is 1.24 bits per heavy atom. The summed E-state index contributed by atoms with van der Waals surface area (Å²) in [6.45, 7) is 2.94. The first-order chi connectivity index (χ1) is 12.1. The predicted octanol–water partition coefficient (Wildman–Crippen LogP) is 2.62. The Morgan fingerprint density at radius 3 is 2.80 bits per heavy atom. The molecule has 1 aliphatic heterocycles. The van der Waals surface area contributed by atoms with E-state index in [2.05, 4.69) is 10.2 Å². The molecule has 1 aliphatic rings. The van der Waals surface area contributed by atoms with Gasteiger partial charge in [0.2, 0.25) is 5.76 Å². The Bertz CT molecular complexity index is 726. The number of nitrogens with one attached hydrogen (secondary N) is 1.